The Morgan fingerprint density at radius 2 is 2.27 bits per heavy atom. The Morgan fingerprint density at radius 3 is 3.12 bits per heavy atom. The summed E-state index contributed by atoms with van der Waals surface area (Å²) in [6.45, 7) is 3.86. The van der Waals surface area contributed by atoms with E-state index in [1.165, 1.54) is 33.9 Å². The van der Waals surface area contributed by atoms with Gasteiger partial charge in [-0.25, -0.2) is 0 Å². The molecular formula is C20H23N3O2S. The number of nitrogens with one attached hydrogen (secondary N) is 1. The molecule has 3 aromatic rings. The molecule has 0 aromatic carbocycles. The lowest BCUT2D eigenvalue weighted by atomic mass is 10.0. The van der Waals surface area contributed by atoms with E-state index in [1.807, 2.05) is 23.5 Å². The molecule has 0 spiro atoms. The third-order valence-corrected chi connectivity index (χ3v) is 6.49. The van der Waals surface area contributed by atoms with Gasteiger partial charge in [0.05, 0.1) is 12.4 Å². The number of nitrogens with zero attached hydrogens (tertiary/aromatic N) is 2. The summed E-state index contributed by atoms with van der Waals surface area (Å²) >= 11 is 1.91. The number of aromatic nitrogens is 2. The maximum atomic E-state index is 5.93. The lowest BCUT2D eigenvalue weighted by molar-refractivity contribution is 0.0172. The van der Waals surface area contributed by atoms with Crippen molar-refractivity contribution in [1.82, 2.24) is 15.1 Å². The van der Waals surface area contributed by atoms with Crippen molar-refractivity contribution >= 4 is 11.3 Å². The van der Waals surface area contributed by atoms with Crippen molar-refractivity contribution in [3.05, 3.63) is 51.5 Å². The third-order valence-electron chi connectivity index (χ3n) is 5.33. The predicted molar refractivity (Wildman–Crippen MR) is 101 cm³/mol. The van der Waals surface area contributed by atoms with Crippen LogP contribution in [-0.4, -0.2) is 28.2 Å². The van der Waals surface area contributed by atoms with Crippen LogP contribution < -0.4 is 0 Å². The first-order valence-electron chi connectivity index (χ1n) is 9.39. The number of aromatic amines is 1. The minimum absolute atomic E-state index is 0.315. The van der Waals surface area contributed by atoms with E-state index in [9.17, 15) is 0 Å². The second-order valence-electron chi connectivity index (χ2n) is 7.13. The molecule has 1 saturated heterocycles. The Labute approximate surface area is 157 Å². The SMILES string of the molecule is c1coc(-c2n[nH]c3c2CN(Cc2ccc(C4CCCCO4)s2)CC3)c1. The van der Waals surface area contributed by atoms with Crippen molar-refractivity contribution in [2.75, 3.05) is 13.2 Å². The van der Waals surface area contributed by atoms with Gasteiger partial charge in [0.2, 0.25) is 0 Å². The van der Waals surface area contributed by atoms with E-state index in [4.69, 9.17) is 9.15 Å². The summed E-state index contributed by atoms with van der Waals surface area (Å²) in [6.07, 6.45) is 6.67. The molecular weight excluding hydrogens is 346 g/mol. The van der Waals surface area contributed by atoms with Crippen LogP contribution in [-0.2, 0) is 24.2 Å². The van der Waals surface area contributed by atoms with E-state index in [0.29, 0.717) is 6.10 Å². The van der Waals surface area contributed by atoms with Crippen LogP contribution in [0.4, 0.5) is 0 Å². The van der Waals surface area contributed by atoms with E-state index in [-0.39, 0.29) is 0 Å². The van der Waals surface area contributed by atoms with Gasteiger partial charge in [-0.1, -0.05) is 0 Å². The van der Waals surface area contributed by atoms with Gasteiger partial charge in [0.25, 0.3) is 0 Å². The monoisotopic (exact) mass is 369 g/mol. The molecule has 136 valence electrons. The Bertz CT molecular complexity index is 862. The normalized spacial score (nSPS) is 21.0. The smallest absolute Gasteiger partial charge is 0.154 e. The Hall–Kier alpha value is -1.89. The van der Waals surface area contributed by atoms with Gasteiger partial charge in [-0.3, -0.25) is 10.00 Å². The largest absolute Gasteiger partial charge is 0.463 e. The molecule has 1 N–H and O–H groups in total. The maximum absolute atomic E-state index is 5.93. The van der Waals surface area contributed by atoms with Crippen LogP contribution in [0.25, 0.3) is 11.5 Å². The molecule has 0 saturated carbocycles. The molecule has 2 aliphatic heterocycles. The van der Waals surface area contributed by atoms with Crippen LogP contribution in [0.1, 0.15) is 46.4 Å². The lowest BCUT2D eigenvalue weighted by Gasteiger charge is -2.26. The highest BCUT2D eigenvalue weighted by atomic mass is 32.1. The van der Waals surface area contributed by atoms with Crippen LogP contribution in [0.2, 0.25) is 0 Å². The van der Waals surface area contributed by atoms with Crippen LogP contribution in [0.3, 0.4) is 0 Å². The van der Waals surface area contributed by atoms with Crippen LogP contribution in [0.5, 0.6) is 0 Å². The second kappa shape index (κ2) is 7.02. The average molecular weight is 369 g/mol. The number of hydrogen-bond donors (Lipinski definition) is 1. The summed E-state index contributed by atoms with van der Waals surface area (Å²) in [6, 6.07) is 8.43. The molecule has 5 nitrogen and oxygen atoms in total. The summed E-state index contributed by atoms with van der Waals surface area (Å²) in [7, 11) is 0. The van der Waals surface area contributed by atoms with E-state index < -0.39 is 0 Å². The first-order valence-corrected chi connectivity index (χ1v) is 10.2. The first kappa shape index (κ1) is 16.3. The number of ether oxygens (including phenoxy) is 1. The third kappa shape index (κ3) is 3.13. The van der Waals surface area contributed by atoms with E-state index in [0.717, 1.165) is 50.5 Å². The average Bonchev–Trinajstić information content (AvgIpc) is 3.42. The number of furan rings is 1. The van der Waals surface area contributed by atoms with Crippen molar-refractivity contribution in [2.45, 2.75) is 44.9 Å². The maximum Gasteiger partial charge on any atom is 0.154 e. The fraction of sp³-hybridized carbons (Fsp3) is 0.450. The standard InChI is InChI=1S/C20H23N3O2S/c1-2-10-24-17(4-1)19-7-6-14(26-19)12-23-9-8-16-15(13-23)20(22-21-16)18-5-3-11-25-18/h3,5-7,11,17H,1-2,4,8-10,12-13H2,(H,21,22). The summed E-state index contributed by atoms with van der Waals surface area (Å²) in [5, 5.41) is 7.68. The van der Waals surface area contributed by atoms with Gasteiger partial charge in [-0.2, -0.15) is 5.10 Å². The molecule has 3 aromatic heterocycles. The van der Waals surface area contributed by atoms with E-state index in [2.05, 4.69) is 27.2 Å². The first-order chi connectivity index (χ1) is 12.9. The molecule has 0 bridgehead atoms. The summed E-state index contributed by atoms with van der Waals surface area (Å²) in [5.74, 6) is 0.845. The Balaban J connectivity index is 1.29. The highest BCUT2D eigenvalue weighted by Crippen LogP contribution is 2.34. The molecule has 5 heterocycles. The highest BCUT2D eigenvalue weighted by Gasteiger charge is 2.25. The number of thiophene rings is 1. The van der Waals surface area contributed by atoms with Gasteiger partial charge in [0.1, 0.15) is 5.69 Å². The Kier molecular flexibility index (Phi) is 4.40. The highest BCUT2D eigenvalue weighted by molar-refractivity contribution is 7.12. The molecule has 0 amide bonds. The summed E-state index contributed by atoms with van der Waals surface area (Å²) in [4.78, 5) is 5.31. The zero-order chi connectivity index (χ0) is 17.3. The molecule has 0 aliphatic carbocycles. The van der Waals surface area contributed by atoms with Crippen molar-refractivity contribution < 1.29 is 9.15 Å². The van der Waals surface area contributed by atoms with Crippen molar-refractivity contribution in [3.8, 4) is 11.5 Å². The number of hydrogen-bond acceptors (Lipinski definition) is 5. The molecule has 1 fully saturated rings. The van der Waals surface area contributed by atoms with Crippen molar-refractivity contribution in [3.63, 3.8) is 0 Å². The van der Waals surface area contributed by atoms with Gasteiger partial charge in [-0.15, -0.1) is 11.3 Å². The zero-order valence-corrected chi connectivity index (χ0v) is 15.6. The minimum atomic E-state index is 0.315. The number of H-pyrrole nitrogens is 1. The van der Waals surface area contributed by atoms with Gasteiger partial charge in [-0.05, 0) is 43.5 Å². The van der Waals surface area contributed by atoms with E-state index in [1.54, 1.807) is 6.26 Å². The van der Waals surface area contributed by atoms with Crippen molar-refractivity contribution in [2.24, 2.45) is 0 Å². The molecule has 5 rings (SSSR count). The molecule has 2 aliphatic rings. The fourth-order valence-corrected chi connectivity index (χ4v) is 5.08. The van der Waals surface area contributed by atoms with Gasteiger partial charge in [0, 0.05) is 53.7 Å². The van der Waals surface area contributed by atoms with Crippen LogP contribution in [0.15, 0.2) is 34.9 Å². The van der Waals surface area contributed by atoms with Gasteiger partial charge < -0.3 is 9.15 Å². The Morgan fingerprint density at radius 1 is 1.27 bits per heavy atom. The van der Waals surface area contributed by atoms with Crippen LogP contribution >= 0.6 is 11.3 Å². The molecule has 1 unspecified atom stereocenters. The van der Waals surface area contributed by atoms with Gasteiger partial charge >= 0.3 is 0 Å². The van der Waals surface area contributed by atoms with Gasteiger partial charge in [0.15, 0.2) is 5.76 Å². The topological polar surface area (TPSA) is 54.3 Å². The van der Waals surface area contributed by atoms with Crippen molar-refractivity contribution in [1.29, 1.82) is 0 Å². The van der Waals surface area contributed by atoms with Crippen LogP contribution in [0, 0.1) is 0 Å². The lowest BCUT2D eigenvalue weighted by Crippen LogP contribution is -2.29. The van der Waals surface area contributed by atoms with E-state index >= 15 is 0 Å². The number of rotatable bonds is 4. The molecule has 6 heteroatoms. The predicted octanol–water partition coefficient (Wildman–Crippen LogP) is 4.53. The number of fused-ring (bicyclic) bond motifs is 1. The summed E-state index contributed by atoms with van der Waals surface area (Å²) < 4.78 is 11.5. The molecule has 0 radical (unpaired) electrons. The fourth-order valence-electron chi connectivity index (χ4n) is 3.94. The minimum Gasteiger partial charge on any atom is -0.463 e. The molecule has 1 atom stereocenters. The second-order valence-corrected chi connectivity index (χ2v) is 8.33. The summed E-state index contributed by atoms with van der Waals surface area (Å²) in [5.41, 5.74) is 3.48. The molecule has 26 heavy (non-hydrogen) atoms. The zero-order valence-electron chi connectivity index (χ0n) is 14.7. The quantitative estimate of drug-likeness (QED) is 0.734.